The molecule has 0 spiro atoms. The minimum Gasteiger partial charge on any atom is -0.445 e. The lowest BCUT2D eigenvalue weighted by molar-refractivity contribution is 0.278. The van der Waals surface area contributed by atoms with Crippen LogP contribution >= 0.6 is 0 Å². The lowest BCUT2D eigenvalue weighted by Crippen LogP contribution is -2.41. The molecule has 0 saturated carbocycles. The van der Waals surface area contributed by atoms with Crippen LogP contribution < -0.4 is 4.90 Å². The van der Waals surface area contributed by atoms with Gasteiger partial charge in [-0.1, -0.05) is 19.1 Å². The van der Waals surface area contributed by atoms with Crippen molar-refractivity contribution in [1.29, 1.82) is 0 Å². The number of oxazole rings is 1. The fourth-order valence-corrected chi connectivity index (χ4v) is 3.39. The molecule has 1 saturated heterocycles. The number of halogens is 1. The van der Waals surface area contributed by atoms with Crippen LogP contribution in [0.15, 0.2) is 53.3 Å². The topological polar surface area (TPSA) is 55.1 Å². The first-order valence-electron chi connectivity index (χ1n) is 8.84. The Morgan fingerprint density at radius 2 is 1.88 bits per heavy atom. The average molecular weight is 352 g/mol. The Balaban J connectivity index is 1.44. The zero-order valence-electron chi connectivity index (χ0n) is 14.7. The lowest BCUT2D eigenvalue weighted by atomic mass is 9.80. The molecule has 0 atom stereocenters. The van der Waals surface area contributed by atoms with E-state index in [1.807, 2.05) is 12.1 Å². The van der Waals surface area contributed by atoms with Crippen LogP contribution in [0.5, 0.6) is 0 Å². The zero-order chi connectivity index (χ0) is 18.0. The van der Waals surface area contributed by atoms with Gasteiger partial charge < -0.3 is 9.32 Å². The summed E-state index contributed by atoms with van der Waals surface area (Å²) in [5, 5.41) is 0. The van der Waals surface area contributed by atoms with Crippen molar-refractivity contribution in [2.45, 2.75) is 31.6 Å². The highest BCUT2D eigenvalue weighted by Crippen LogP contribution is 2.35. The molecular weight excluding hydrogens is 331 g/mol. The Morgan fingerprint density at radius 3 is 2.62 bits per heavy atom. The average Bonchev–Trinajstić information content (AvgIpc) is 3.12. The number of aromatic nitrogens is 3. The normalized spacial score (nSPS) is 16.6. The Bertz CT molecular complexity index is 872. The number of piperidine rings is 1. The number of hydrogen-bond donors (Lipinski definition) is 0. The lowest BCUT2D eigenvalue weighted by Gasteiger charge is -2.37. The summed E-state index contributed by atoms with van der Waals surface area (Å²) in [5.74, 6) is 2.07. The molecule has 6 heteroatoms. The van der Waals surface area contributed by atoms with Crippen molar-refractivity contribution in [2.75, 3.05) is 18.0 Å². The smallest absolute Gasteiger partial charge is 0.225 e. The van der Waals surface area contributed by atoms with Crippen LogP contribution in [0.2, 0.25) is 0 Å². The maximum Gasteiger partial charge on any atom is 0.225 e. The minimum absolute atomic E-state index is 0.106. The summed E-state index contributed by atoms with van der Waals surface area (Å²) in [7, 11) is 0. The predicted octanol–water partition coefficient (Wildman–Crippen LogP) is 3.75. The van der Waals surface area contributed by atoms with Gasteiger partial charge in [-0.25, -0.2) is 19.3 Å². The van der Waals surface area contributed by atoms with Crippen molar-refractivity contribution in [3.8, 4) is 0 Å². The Hall–Kier alpha value is -2.76. The van der Waals surface area contributed by atoms with Gasteiger partial charge in [-0.2, -0.15) is 0 Å². The van der Waals surface area contributed by atoms with E-state index < -0.39 is 0 Å². The predicted molar refractivity (Wildman–Crippen MR) is 96.5 cm³/mol. The van der Waals surface area contributed by atoms with E-state index in [9.17, 15) is 4.39 Å². The van der Waals surface area contributed by atoms with Gasteiger partial charge in [0.1, 0.15) is 11.6 Å². The van der Waals surface area contributed by atoms with E-state index in [0.717, 1.165) is 49.1 Å². The standard InChI is InChI=1S/C20H21FN4O/c1-20(6-10-25(11-7-20)19-22-8-3-9-23-19)18-24-14-17(26-18)13-15-4-2-5-16(21)12-15/h2-5,8-9,12,14H,6-7,10-11,13H2,1H3. The molecule has 0 unspecified atom stereocenters. The Morgan fingerprint density at radius 1 is 1.12 bits per heavy atom. The third-order valence-corrected chi connectivity index (χ3v) is 5.04. The first-order valence-corrected chi connectivity index (χ1v) is 8.84. The van der Waals surface area contributed by atoms with E-state index in [2.05, 4.69) is 26.8 Å². The van der Waals surface area contributed by atoms with E-state index in [4.69, 9.17) is 4.42 Å². The summed E-state index contributed by atoms with van der Waals surface area (Å²) in [5.41, 5.74) is 0.778. The molecule has 5 nitrogen and oxygen atoms in total. The molecule has 1 aromatic carbocycles. The van der Waals surface area contributed by atoms with E-state index in [0.29, 0.717) is 6.42 Å². The number of nitrogens with zero attached hydrogens (tertiary/aromatic N) is 4. The fourth-order valence-electron chi connectivity index (χ4n) is 3.39. The molecule has 0 radical (unpaired) electrons. The number of anilines is 1. The highest BCUT2D eigenvalue weighted by atomic mass is 19.1. The molecule has 26 heavy (non-hydrogen) atoms. The number of hydrogen-bond acceptors (Lipinski definition) is 5. The molecule has 0 aliphatic carbocycles. The minimum atomic E-state index is -0.232. The van der Waals surface area contributed by atoms with Crippen LogP contribution in [0.25, 0.3) is 0 Å². The summed E-state index contributed by atoms with van der Waals surface area (Å²) in [6, 6.07) is 8.41. The largest absolute Gasteiger partial charge is 0.445 e. The molecule has 3 aromatic rings. The van der Waals surface area contributed by atoms with Crippen LogP contribution in [0.3, 0.4) is 0 Å². The van der Waals surface area contributed by atoms with Crippen molar-refractivity contribution >= 4 is 5.95 Å². The number of rotatable bonds is 4. The summed E-state index contributed by atoms with van der Waals surface area (Å²) < 4.78 is 19.4. The van der Waals surface area contributed by atoms with Crippen LogP contribution in [0, 0.1) is 5.82 Å². The maximum absolute atomic E-state index is 13.3. The molecule has 2 aromatic heterocycles. The van der Waals surface area contributed by atoms with Crippen molar-refractivity contribution < 1.29 is 8.81 Å². The van der Waals surface area contributed by atoms with Crippen LogP contribution in [-0.2, 0) is 11.8 Å². The van der Waals surface area contributed by atoms with Gasteiger partial charge in [0.2, 0.25) is 5.95 Å². The van der Waals surface area contributed by atoms with Crippen LogP contribution in [-0.4, -0.2) is 28.0 Å². The highest BCUT2D eigenvalue weighted by Gasteiger charge is 2.36. The second-order valence-corrected chi connectivity index (χ2v) is 7.03. The first-order chi connectivity index (χ1) is 12.6. The van der Waals surface area contributed by atoms with Gasteiger partial charge in [-0.05, 0) is 36.6 Å². The van der Waals surface area contributed by atoms with Crippen molar-refractivity contribution in [1.82, 2.24) is 15.0 Å². The quantitative estimate of drug-likeness (QED) is 0.716. The molecule has 0 N–H and O–H groups in total. The second-order valence-electron chi connectivity index (χ2n) is 7.03. The fraction of sp³-hybridized carbons (Fsp3) is 0.350. The van der Waals surface area contributed by atoms with E-state index in [-0.39, 0.29) is 11.2 Å². The van der Waals surface area contributed by atoms with Crippen LogP contribution in [0.1, 0.15) is 37.0 Å². The summed E-state index contributed by atoms with van der Waals surface area (Å²) in [4.78, 5) is 15.4. The van der Waals surface area contributed by atoms with Gasteiger partial charge in [0.25, 0.3) is 0 Å². The zero-order valence-corrected chi connectivity index (χ0v) is 14.7. The van der Waals surface area contributed by atoms with Gasteiger partial charge in [-0.15, -0.1) is 0 Å². The third-order valence-electron chi connectivity index (χ3n) is 5.04. The monoisotopic (exact) mass is 352 g/mol. The molecule has 0 amide bonds. The van der Waals surface area contributed by atoms with Gasteiger partial charge in [0.05, 0.1) is 6.20 Å². The van der Waals surface area contributed by atoms with E-state index in [1.165, 1.54) is 12.1 Å². The molecule has 1 fully saturated rings. The molecule has 1 aliphatic heterocycles. The second kappa shape index (κ2) is 6.86. The molecule has 0 bridgehead atoms. The van der Waals surface area contributed by atoms with Crippen molar-refractivity contribution in [2.24, 2.45) is 0 Å². The van der Waals surface area contributed by atoms with Crippen molar-refractivity contribution in [3.63, 3.8) is 0 Å². The molecule has 4 rings (SSSR count). The van der Waals surface area contributed by atoms with Gasteiger partial charge in [0, 0.05) is 37.3 Å². The SMILES string of the molecule is CC1(c2ncc(Cc3cccc(F)c3)o2)CCN(c2ncccn2)CC1. The first kappa shape index (κ1) is 16.7. The molecule has 134 valence electrons. The molecule has 3 heterocycles. The van der Waals surface area contributed by atoms with Gasteiger partial charge in [0.15, 0.2) is 5.89 Å². The summed E-state index contributed by atoms with van der Waals surface area (Å²) in [6.07, 6.45) is 7.69. The highest BCUT2D eigenvalue weighted by molar-refractivity contribution is 5.30. The van der Waals surface area contributed by atoms with Crippen LogP contribution in [0.4, 0.5) is 10.3 Å². The van der Waals surface area contributed by atoms with Crippen molar-refractivity contribution in [3.05, 3.63) is 72.0 Å². The van der Waals surface area contributed by atoms with E-state index in [1.54, 1.807) is 24.7 Å². The molecular formula is C20H21FN4O. The van der Waals surface area contributed by atoms with Gasteiger partial charge in [-0.3, -0.25) is 0 Å². The summed E-state index contributed by atoms with van der Waals surface area (Å²) >= 11 is 0. The number of benzene rings is 1. The Labute approximate surface area is 151 Å². The van der Waals surface area contributed by atoms with Gasteiger partial charge >= 0.3 is 0 Å². The third kappa shape index (κ3) is 3.45. The maximum atomic E-state index is 13.3. The summed E-state index contributed by atoms with van der Waals surface area (Å²) in [6.45, 7) is 3.91. The van der Waals surface area contributed by atoms with E-state index >= 15 is 0 Å². The molecule has 1 aliphatic rings. The Kier molecular flexibility index (Phi) is 4.41.